The largest absolute Gasteiger partial charge is 0.609 e. The summed E-state index contributed by atoms with van der Waals surface area (Å²) in [5.74, 6) is 0.972. The average molecular weight is 496 g/mol. The third-order valence-corrected chi connectivity index (χ3v) is 6.21. The topological polar surface area (TPSA) is 86.0 Å². The summed E-state index contributed by atoms with van der Waals surface area (Å²) in [4.78, 5) is 16.3. The molecule has 3 heterocycles. The molecule has 1 fully saturated rings. The molecule has 8 nitrogen and oxygen atoms in total. The second-order valence-corrected chi connectivity index (χ2v) is 10.1. The first kappa shape index (κ1) is 26.6. The fourth-order valence-corrected chi connectivity index (χ4v) is 4.17. The van der Waals surface area contributed by atoms with E-state index in [9.17, 15) is 17.7 Å². The second-order valence-electron chi connectivity index (χ2n) is 8.62. The van der Waals surface area contributed by atoms with Gasteiger partial charge in [-0.15, -0.1) is 17.5 Å². The molecule has 2 aromatic rings. The van der Waals surface area contributed by atoms with Crippen LogP contribution in [0.25, 0.3) is 0 Å². The molecule has 1 aliphatic rings. The maximum Gasteiger partial charge on any atom is 0.433 e. The molecule has 0 aliphatic carbocycles. The van der Waals surface area contributed by atoms with Gasteiger partial charge in [-0.1, -0.05) is 20.8 Å². The molecular formula is C19H29ClF3N7OS. The number of rotatable bonds is 6. The van der Waals surface area contributed by atoms with Crippen LogP contribution in [-0.4, -0.2) is 72.7 Å². The van der Waals surface area contributed by atoms with Crippen LogP contribution in [0, 0.1) is 0 Å². The molecule has 0 aromatic carbocycles. The summed E-state index contributed by atoms with van der Waals surface area (Å²) in [6.07, 6.45) is -2.27. The van der Waals surface area contributed by atoms with Crippen molar-refractivity contribution in [3.8, 4) is 0 Å². The van der Waals surface area contributed by atoms with Crippen LogP contribution in [0.15, 0.2) is 17.6 Å². The van der Waals surface area contributed by atoms with Crippen LogP contribution in [0.5, 0.6) is 0 Å². The molecule has 1 unspecified atom stereocenters. The van der Waals surface area contributed by atoms with E-state index in [-0.39, 0.29) is 18.2 Å². The first-order valence-electron chi connectivity index (χ1n) is 10.1. The molecule has 3 rings (SSSR count). The van der Waals surface area contributed by atoms with Gasteiger partial charge >= 0.3 is 11.3 Å². The number of anilines is 1. The summed E-state index contributed by atoms with van der Waals surface area (Å²) in [5, 5.41) is 4.40. The molecule has 2 aromatic heterocycles. The Morgan fingerprint density at radius 1 is 1.09 bits per heavy atom. The zero-order chi connectivity index (χ0) is 22.8. The number of alkyl halides is 3. The van der Waals surface area contributed by atoms with Crippen LogP contribution >= 0.6 is 12.4 Å². The lowest BCUT2D eigenvalue weighted by Gasteiger charge is -2.36. The molecule has 180 valence electrons. The van der Waals surface area contributed by atoms with Crippen molar-refractivity contribution in [2.24, 2.45) is 7.05 Å². The number of hydrogen-bond acceptors (Lipinski definition) is 7. The Balaban J connectivity index is 0.00000363. The monoisotopic (exact) mass is 495 g/mol. The zero-order valence-electron chi connectivity index (χ0n) is 18.6. The minimum atomic E-state index is -4.52. The van der Waals surface area contributed by atoms with Crippen LogP contribution in [0.1, 0.15) is 38.7 Å². The predicted molar refractivity (Wildman–Crippen MR) is 119 cm³/mol. The van der Waals surface area contributed by atoms with Gasteiger partial charge in [0.25, 0.3) is 0 Å². The normalized spacial score (nSPS) is 16.7. The fraction of sp³-hybridized carbons (Fsp3) is 0.684. The lowest BCUT2D eigenvalue weighted by atomic mass is 9.95. The maximum absolute atomic E-state index is 13.3. The summed E-state index contributed by atoms with van der Waals surface area (Å²) in [6.45, 7) is 8.70. The van der Waals surface area contributed by atoms with Crippen LogP contribution in [0.2, 0.25) is 0 Å². The minimum Gasteiger partial charge on any atom is -0.609 e. The van der Waals surface area contributed by atoms with E-state index < -0.39 is 28.5 Å². The van der Waals surface area contributed by atoms with E-state index in [1.54, 1.807) is 27.8 Å². The van der Waals surface area contributed by atoms with Crippen LogP contribution in [0.4, 0.5) is 19.0 Å². The molecular weight excluding hydrogens is 467 g/mol. The third kappa shape index (κ3) is 6.93. The van der Waals surface area contributed by atoms with Crippen molar-refractivity contribution in [2.45, 2.75) is 43.9 Å². The molecule has 0 spiro atoms. The standard InChI is InChI=1S/C19H28F3N7OS.ClH/c1-18(2,3)16-24-14(19(20,21)22)12-15(25-16)29-9-7-28(8-10-29)6-5-11-31(30)17-23-13-27(4)26-17;/h12-13H,5-11H2,1-4H3;1H. The van der Waals surface area contributed by atoms with Gasteiger partial charge in [0.15, 0.2) is 0 Å². The highest BCUT2D eigenvalue weighted by molar-refractivity contribution is 7.91. The molecule has 13 heteroatoms. The van der Waals surface area contributed by atoms with Crippen molar-refractivity contribution in [2.75, 3.05) is 43.4 Å². The highest BCUT2D eigenvalue weighted by Crippen LogP contribution is 2.32. The smallest absolute Gasteiger partial charge is 0.433 e. The van der Waals surface area contributed by atoms with Gasteiger partial charge in [0.2, 0.25) is 0 Å². The summed E-state index contributed by atoms with van der Waals surface area (Å²) in [6, 6.07) is 1.04. The highest BCUT2D eigenvalue weighted by atomic mass is 35.5. The second kappa shape index (κ2) is 10.5. The van der Waals surface area contributed by atoms with Crippen LogP contribution in [-0.2, 0) is 29.8 Å². The number of aromatic nitrogens is 5. The van der Waals surface area contributed by atoms with E-state index in [1.165, 1.54) is 11.0 Å². The zero-order valence-corrected chi connectivity index (χ0v) is 20.2. The molecule has 1 aliphatic heterocycles. The first-order chi connectivity index (χ1) is 14.4. The molecule has 0 N–H and O–H groups in total. The number of halogens is 4. The van der Waals surface area contributed by atoms with Crippen molar-refractivity contribution < 1.29 is 17.7 Å². The molecule has 1 saturated heterocycles. The number of aryl methyl sites for hydroxylation is 1. The molecule has 1 atom stereocenters. The average Bonchev–Trinajstić information content (AvgIpc) is 3.13. The van der Waals surface area contributed by atoms with Crippen molar-refractivity contribution in [1.82, 2.24) is 29.6 Å². The van der Waals surface area contributed by atoms with Crippen molar-refractivity contribution in [3.05, 3.63) is 23.9 Å². The summed E-state index contributed by atoms with van der Waals surface area (Å²) in [5.41, 5.74) is -1.49. The van der Waals surface area contributed by atoms with E-state index in [0.717, 1.165) is 19.0 Å². The van der Waals surface area contributed by atoms with E-state index in [0.29, 0.717) is 42.9 Å². The van der Waals surface area contributed by atoms with Crippen molar-refractivity contribution >= 4 is 29.4 Å². The minimum absolute atomic E-state index is 0. The van der Waals surface area contributed by atoms with Crippen molar-refractivity contribution in [1.29, 1.82) is 0 Å². The predicted octanol–water partition coefficient (Wildman–Crippen LogP) is 2.66. The van der Waals surface area contributed by atoms with Gasteiger partial charge in [-0.3, -0.25) is 9.58 Å². The Kier molecular flexibility index (Phi) is 8.76. The summed E-state index contributed by atoms with van der Waals surface area (Å²) >= 11 is -1.23. The van der Waals surface area contributed by atoms with Gasteiger partial charge in [0.05, 0.1) is 0 Å². The Hall–Kier alpha value is -1.63. The highest BCUT2D eigenvalue weighted by Gasteiger charge is 2.36. The molecule has 0 saturated carbocycles. The molecule has 0 amide bonds. The van der Waals surface area contributed by atoms with Gasteiger partial charge in [-0.05, 0) is 0 Å². The van der Waals surface area contributed by atoms with Crippen LogP contribution in [0.3, 0.4) is 0 Å². The SMILES string of the molecule is Cl.Cn1cnc([S+]([O-])CCCN2CCN(c3cc(C(F)(F)F)nc(C(C)(C)C)n3)CC2)n1. The Labute approximate surface area is 195 Å². The van der Waals surface area contributed by atoms with Gasteiger partial charge in [0.1, 0.15) is 29.4 Å². The third-order valence-electron chi connectivity index (χ3n) is 4.96. The number of hydrogen-bond donors (Lipinski definition) is 0. The number of piperazine rings is 1. The van der Waals surface area contributed by atoms with E-state index in [2.05, 4.69) is 25.0 Å². The van der Waals surface area contributed by atoms with Gasteiger partial charge in [-0.25, -0.2) is 9.97 Å². The van der Waals surface area contributed by atoms with E-state index >= 15 is 0 Å². The quantitative estimate of drug-likeness (QED) is 0.569. The van der Waals surface area contributed by atoms with E-state index in [4.69, 9.17) is 0 Å². The Bertz CT molecular complexity index is 850. The van der Waals surface area contributed by atoms with Crippen molar-refractivity contribution in [3.63, 3.8) is 0 Å². The first-order valence-corrected chi connectivity index (χ1v) is 11.4. The van der Waals surface area contributed by atoms with Gasteiger partial charge in [-0.2, -0.15) is 18.2 Å². The van der Waals surface area contributed by atoms with E-state index in [1.807, 2.05) is 4.90 Å². The van der Waals surface area contributed by atoms with Crippen LogP contribution < -0.4 is 4.90 Å². The lowest BCUT2D eigenvalue weighted by Crippen LogP contribution is -2.47. The Morgan fingerprint density at radius 2 is 1.75 bits per heavy atom. The summed E-state index contributed by atoms with van der Waals surface area (Å²) in [7, 11) is 1.73. The fourth-order valence-electron chi connectivity index (χ4n) is 3.21. The van der Waals surface area contributed by atoms with Gasteiger partial charge < -0.3 is 9.45 Å². The Morgan fingerprint density at radius 3 is 2.28 bits per heavy atom. The molecule has 0 radical (unpaired) electrons. The summed E-state index contributed by atoms with van der Waals surface area (Å²) < 4.78 is 53.8. The number of nitrogens with zero attached hydrogens (tertiary/aromatic N) is 7. The molecule has 0 bridgehead atoms. The lowest BCUT2D eigenvalue weighted by molar-refractivity contribution is -0.141. The van der Waals surface area contributed by atoms with Gasteiger partial charge in [0, 0.05) is 68.8 Å². The maximum atomic E-state index is 13.3. The molecule has 32 heavy (non-hydrogen) atoms.